The molecule has 2 heterocycles. The Morgan fingerprint density at radius 1 is 0.960 bits per heavy atom. The number of alkyl halides is 3. The number of aryl methyl sites for hydroxylation is 2. The number of hydrogen-bond donors (Lipinski definition) is 0. The minimum atomic E-state index is -4.85. The molecule has 130 valence electrons. The van der Waals surface area contributed by atoms with Crippen LogP contribution in [0.1, 0.15) is 11.1 Å². The summed E-state index contributed by atoms with van der Waals surface area (Å²) in [6, 6.07) is 6.24. The molecule has 3 aromatic rings. The molecule has 3 rings (SSSR count). The number of aromatic nitrogens is 4. The van der Waals surface area contributed by atoms with Crippen LogP contribution in [0, 0.1) is 6.92 Å². The van der Waals surface area contributed by atoms with Gasteiger partial charge >= 0.3 is 11.9 Å². The number of hydrogen-bond acceptors (Lipinski definition) is 4. The standard InChI is InChI=1S/C16H13F3N4O2/c1-8-4-6-9(7-5-8)12-11(16(17,18)19)10-13(21-20-12)22(2)15(25)23(3)14(10)24/h4-7H,1-3H3. The van der Waals surface area contributed by atoms with Gasteiger partial charge < -0.3 is 0 Å². The van der Waals surface area contributed by atoms with Crippen molar-refractivity contribution in [3.63, 3.8) is 0 Å². The van der Waals surface area contributed by atoms with E-state index in [9.17, 15) is 22.8 Å². The number of rotatable bonds is 1. The number of halogens is 3. The van der Waals surface area contributed by atoms with Gasteiger partial charge in [0.2, 0.25) is 0 Å². The van der Waals surface area contributed by atoms with E-state index < -0.39 is 39.7 Å². The Hall–Kier alpha value is -2.97. The van der Waals surface area contributed by atoms with E-state index in [0.717, 1.165) is 17.2 Å². The van der Waals surface area contributed by atoms with Crippen molar-refractivity contribution in [1.29, 1.82) is 0 Å². The van der Waals surface area contributed by atoms with Gasteiger partial charge in [-0.25, -0.2) is 4.79 Å². The second-order valence-corrected chi connectivity index (χ2v) is 5.69. The molecule has 2 aromatic heterocycles. The van der Waals surface area contributed by atoms with Crippen molar-refractivity contribution >= 4 is 11.0 Å². The average molecular weight is 350 g/mol. The second kappa shape index (κ2) is 5.54. The molecule has 6 nitrogen and oxygen atoms in total. The smallest absolute Gasteiger partial charge is 0.279 e. The van der Waals surface area contributed by atoms with E-state index in [-0.39, 0.29) is 5.56 Å². The maximum absolute atomic E-state index is 13.8. The summed E-state index contributed by atoms with van der Waals surface area (Å²) in [6.07, 6.45) is -4.85. The highest BCUT2D eigenvalue weighted by Gasteiger charge is 2.39. The molecule has 0 fully saturated rings. The largest absolute Gasteiger partial charge is 0.419 e. The summed E-state index contributed by atoms with van der Waals surface area (Å²) >= 11 is 0. The summed E-state index contributed by atoms with van der Waals surface area (Å²) in [4.78, 5) is 24.3. The first-order valence-corrected chi connectivity index (χ1v) is 7.23. The third-order valence-electron chi connectivity index (χ3n) is 3.97. The lowest BCUT2D eigenvalue weighted by Gasteiger charge is -2.15. The Kier molecular flexibility index (Phi) is 3.74. The van der Waals surface area contributed by atoms with Crippen molar-refractivity contribution in [1.82, 2.24) is 19.3 Å². The molecule has 0 saturated heterocycles. The summed E-state index contributed by atoms with van der Waals surface area (Å²) in [5.74, 6) is 0. The van der Waals surface area contributed by atoms with E-state index in [4.69, 9.17) is 0 Å². The Labute approximate surface area is 139 Å². The lowest BCUT2D eigenvalue weighted by Crippen LogP contribution is -2.38. The SMILES string of the molecule is Cc1ccc(-c2nnc3c(c2C(F)(F)F)c(=O)n(C)c(=O)n3C)cc1. The molecule has 0 atom stereocenters. The summed E-state index contributed by atoms with van der Waals surface area (Å²) in [7, 11) is 2.36. The third-order valence-corrected chi connectivity index (χ3v) is 3.97. The first-order chi connectivity index (χ1) is 11.6. The first kappa shape index (κ1) is 16.9. The van der Waals surface area contributed by atoms with Gasteiger partial charge in [-0.05, 0) is 6.92 Å². The Morgan fingerprint density at radius 3 is 2.12 bits per heavy atom. The van der Waals surface area contributed by atoms with Gasteiger partial charge in [-0.3, -0.25) is 13.9 Å². The molecule has 0 unspecified atom stereocenters. The fourth-order valence-corrected chi connectivity index (χ4v) is 2.62. The van der Waals surface area contributed by atoms with E-state index >= 15 is 0 Å². The molecule has 0 spiro atoms. The summed E-state index contributed by atoms with van der Waals surface area (Å²) < 4.78 is 42.8. The van der Waals surface area contributed by atoms with Gasteiger partial charge in [0.15, 0.2) is 5.65 Å². The van der Waals surface area contributed by atoms with Gasteiger partial charge in [0.05, 0.1) is 5.39 Å². The van der Waals surface area contributed by atoms with Crippen LogP contribution in [0.25, 0.3) is 22.3 Å². The van der Waals surface area contributed by atoms with E-state index in [1.165, 1.54) is 19.2 Å². The van der Waals surface area contributed by atoms with E-state index in [1.807, 2.05) is 0 Å². The van der Waals surface area contributed by atoms with Crippen molar-refractivity contribution in [2.45, 2.75) is 13.1 Å². The highest BCUT2D eigenvalue weighted by atomic mass is 19.4. The maximum Gasteiger partial charge on any atom is 0.419 e. The van der Waals surface area contributed by atoms with Crippen LogP contribution >= 0.6 is 0 Å². The topological polar surface area (TPSA) is 69.8 Å². The lowest BCUT2D eigenvalue weighted by atomic mass is 10.0. The zero-order valence-corrected chi connectivity index (χ0v) is 13.5. The Bertz CT molecular complexity index is 1100. The van der Waals surface area contributed by atoms with Crippen molar-refractivity contribution < 1.29 is 13.2 Å². The summed E-state index contributed by atoms with van der Waals surface area (Å²) in [6.45, 7) is 1.80. The van der Waals surface area contributed by atoms with Gasteiger partial charge in [-0.1, -0.05) is 29.8 Å². The molecule has 0 amide bonds. The molecule has 0 aliphatic heterocycles. The van der Waals surface area contributed by atoms with Crippen LogP contribution < -0.4 is 11.2 Å². The van der Waals surface area contributed by atoms with Crippen molar-refractivity contribution in [3.8, 4) is 11.3 Å². The molecule has 0 bridgehead atoms. The van der Waals surface area contributed by atoms with Gasteiger partial charge in [0.25, 0.3) is 5.56 Å². The molecule has 1 aromatic carbocycles. The van der Waals surface area contributed by atoms with E-state index in [2.05, 4.69) is 10.2 Å². The quantitative estimate of drug-likeness (QED) is 0.673. The predicted molar refractivity (Wildman–Crippen MR) is 85.2 cm³/mol. The molecule has 0 aliphatic rings. The fraction of sp³-hybridized carbons (Fsp3) is 0.250. The summed E-state index contributed by atoms with van der Waals surface area (Å²) in [5, 5.41) is 6.71. The van der Waals surface area contributed by atoms with Crippen LogP contribution in [0.5, 0.6) is 0 Å². The van der Waals surface area contributed by atoms with Crippen LogP contribution in [0.3, 0.4) is 0 Å². The van der Waals surface area contributed by atoms with Gasteiger partial charge in [0.1, 0.15) is 11.3 Å². The molecule has 9 heteroatoms. The van der Waals surface area contributed by atoms with Crippen LogP contribution in [-0.4, -0.2) is 19.3 Å². The monoisotopic (exact) mass is 350 g/mol. The first-order valence-electron chi connectivity index (χ1n) is 7.23. The molecular formula is C16H13F3N4O2. The predicted octanol–water partition coefficient (Wildman–Crippen LogP) is 2.02. The highest BCUT2D eigenvalue weighted by molar-refractivity contribution is 5.84. The van der Waals surface area contributed by atoms with Crippen molar-refractivity contribution in [2.24, 2.45) is 14.1 Å². The number of fused-ring (bicyclic) bond motifs is 1. The Morgan fingerprint density at radius 2 is 1.56 bits per heavy atom. The summed E-state index contributed by atoms with van der Waals surface area (Å²) in [5.41, 5.74) is -2.84. The molecule has 25 heavy (non-hydrogen) atoms. The molecule has 0 radical (unpaired) electrons. The second-order valence-electron chi connectivity index (χ2n) is 5.69. The fourth-order valence-electron chi connectivity index (χ4n) is 2.62. The zero-order valence-electron chi connectivity index (χ0n) is 13.5. The van der Waals surface area contributed by atoms with Gasteiger partial charge in [-0.15, -0.1) is 10.2 Å². The number of nitrogens with zero attached hydrogens (tertiary/aromatic N) is 4. The van der Waals surface area contributed by atoms with Crippen LogP contribution in [0.2, 0.25) is 0 Å². The molecule has 0 aliphatic carbocycles. The normalized spacial score (nSPS) is 11.9. The average Bonchev–Trinajstić information content (AvgIpc) is 2.56. The number of benzene rings is 1. The maximum atomic E-state index is 13.8. The van der Waals surface area contributed by atoms with Crippen molar-refractivity contribution in [3.05, 3.63) is 56.2 Å². The zero-order chi connectivity index (χ0) is 18.5. The van der Waals surface area contributed by atoms with E-state index in [0.29, 0.717) is 4.57 Å². The van der Waals surface area contributed by atoms with Gasteiger partial charge in [-0.2, -0.15) is 13.2 Å². The van der Waals surface area contributed by atoms with Crippen LogP contribution in [-0.2, 0) is 20.3 Å². The minimum Gasteiger partial charge on any atom is -0.279 e. The highest BCUT2D eigenvalue weighted by Crippen LogP contribution is 2.38. The lowest BCUT2D eigenvalue weighted by molar-refractivity contribution is -0.136. The third kappa shape index (κ3) is 2.61. The van der Waals surface area contributed by atoms with Crippen LogP contribution in [0.15, 0.2) is 33.9 Å². The van der Waals surface area contributed by atoms with Crippen LogP contribution in [0.4, 0.5) is 13.2 Å². The van der Waals surface area contributed by atoms with Crippen molar-refractivity contribution in [2.75, 3.05) is 0 Å². The molecule has 0 saturated carbocycles. The Balaban J connectivity index is 2.55. The van der Waals surface area contributed by atoms with Gasteiger partial charge in [0, 0.05) is 19.7 Å². The molecule has 0 N–H and O–H groups in total. The molecular weight excluding hydrogens is 337 g/mol. The van der Waals surface area contributed by atoms with E-state index in [1.54, 1.807) is 19.1 Å². The minimum absolute atomic E-state index is 0.184.